The molecule has 1 aliphatic heterocycles. The fourth-order valence-corrected chi connectivity index (χ4v) is 4.01. The largest absolute Gasteiger partial charge is 0.409 e. The van der Waals surface area contributed by atoms with Crippen LogP contribution in [0.25, 0.3) is 10.8 Å². The molecule has 152 valence electrons. The summed E-state index contributed by atoms with van der Waals surface area (Å²) in [7, 11) is 0. The molecule has 1 unspecified atom stereocenters. The predicted molar refractivity (Wildman–Crippen MR) is 105 cm³/mol. The fourth-order valence-electron chi connectivity index (χ4n) is 4.01. The molecule has 1 aliphatic rings. The molecular weight excluding hydrogens is 365 g/mol. The summed E-state index contributed by atoms with van der Waals surface area (Å²) in [6.45, 7) is 5.43. The van der Waals surface area contributed by atoms with E-state index in [2.05, 4.69) is 12.3 Å². The van der Waals surface area contributed by atoms with Crippen LogP contribution >= 0.6 is 0 Å². The van der Waals surface area contributed by atoms with E-state index in [1.165, 1.54) is 6.07 Å². The highest BCUT2D eigenvalue weighted by molar-refractivity contribution is 5.86. The van der Waals surface area contributed by atoms with Crippen molar-refractivity contribution in [3.63, 3.8) is 0 Å². The Morgan fingerprint density at radius 3 is 2.54 bits per heavy atom. The number of hydrogen-bond acceptors (Lipinski definition) is 2. The van der Waals surface area contributed by atoms with E-state index in [1.54, 1.807) is 26.0 Å². The molecule has 0 bridgehead atoms. The number of hydrogen-bond donors (Lipinski definition) is 1. The van der Waals surface area contributed by atoms with Crippen LogP contribution in [0.2, 0.25) is 0 Å². The molecule has 0 aromatic heterocycles. The topological polar surface area (TPSA) is 32.3 Å². The van der Waals surface area contributed by atoms with E-state index in [9.17, 15) is 18.0 Å². The van der Waals surface area contributed by atoms with E-state index < -0.39 is 17.8 Å². The maximum absolute atomic E-state index is 14.1. The molecule has 0 saturated carbocycles. The van der Waals surface area contributed by atoms with Crippen LogP contribution in [0.3, 0.4) is 0 Å². The molecule has 0 aliphatic carbocycles. The summed E-state index contributed by atoms with van der Waals surface area (Å²) in [6, 6.07) is 8.90. The third-order valence-electron chi connectivity index (χ3n) is 5.42. The normalized spacial score (nSPS) is 18.4. The molecule has 0 radical (unpaired) electrons. The van der Waals surface area contributed by atoms with Crippen molar-refractivity contribution in [1.82, 2.24) is 10.4 Å². The number of aryl methyl sites for hydroxylation is 1. The van der Waals surface area contributed by atoms with E-state index >= 15 is 0 Å². The first-order chi connectivity index (χ1) is 13.1. The number of halogens is 3. The summed E-state index contributed by atoms with van der Waals surface area (Å²) >= 11 is 0. The Morgan fingerprint density at radius 1 is 1.18 bits per heavy atom. The van der Waals surface area contributed by atoms with Gasteiger partial charge in [-0.25, -0.2) is 0 Å². The maximum Gasteiger partial charge on any atom is 0.409 e. The van der Waals surface area contributed by atoms with Gasteiger partial charge in [-0.2, -0.15) is 18.2 Å². The van der Waals surface area contributed by atoms with E-state index in [1.807, 2.05) is 18.2 Å². The van der Waals surface area contributed by atoms with Crippen molar-refractivity contribution in [1.29, 1.82) is 0 Å². The van der Waals surface area contributed by atoms with Crippen molar-refractivity contribution in [2.45, 2.75) is 70.6 Å². The maximum atomic E-state index is 14.1. The quantitative estimate of drug-likeness (QED) is 0.641. The van der Waals surface area contributed by atoms with Gasteiger partial charge in [0.15, 0.2) is 6.04 Å². The number of rotatable bonds is 6. The lowest BCUT2D eigenvalue weighted by Gasteiger charge is -2.38. The van der Waals surface area contributed by atoms with E-state index in [0.29, 0.717) is 0 Å². The zero-order valence-corrected chi connectivity index (χ0v) is 16.6. The standard InChI is InChI=1S/C22H27F3N2O/c1-4-5-6-8-15-9-7-10-16-11-12-17(13-18(15)16)20(22(23,24)25)27-21(2,3)14-19(28)26-27/h7,9-13,20H,4-6,8,14H2,1-3H3,(H,26,28). The minimum absolute atomic E-state index is 0.0371. The van der Waals surface area contributed by atoms with Gasteiger partial charge >= 0.3 is 6.18 Å². The Hall–Kier alpha value is -2.08. The van der Waals surface area contributed by atoms with Crippen molar-refractivity contribution in [2.75, 3.05) is 0 Å². The predicted octanol–water partition coefficient (Wildman–Crippen LogP) is 5.69. The molecule has 28 heavy (non-hydrogen) atoms. The molecule has 2 aromatic carbocycles. The molecule has 2 aromatic rings. The van der Waals surface area contributed by atoms with Crippen LogP contribution in [0.5, 0.6) is 0 Å². The Bertz CT molecular complexity index is 860. The van der Waals surface area contributed by atoms with Crippen molar-refractivity contribution in [2.24, 2.45) is 0 Å². The zero-order chi connectivity index (χ0) is 20.5. The molecule has 1 atom stereocenters. The van der Waals surface area contributed by atoms with Gasteiger partial charge in [0.2, 0.25) is 5.91 Å². The lowest BCUT2D eigenvalue weighted by atomic mass is 9.93. The van der Waals surface area contributed by atoms with Gasteiger partial charge in [-0.05, 0) is 54.7 Å². The minimum atomic E-state index is -4.51. The molecule has 1 fully saturated rings. The highest BCUT2D eigenvalue weighted by Crippen LogP contribution is 2.43. The van der Waals surface area contributed by atoms with Gasteiger partial charge in [0.05, 0.1) is 0 Å². The van der Waals surface area contributed by atoms with Crippen LogP contribution < -0.4 is 5.43 Å². The van der Waals surface area contributed by atoms with Gasteiger partial charge in [-0.15, -0.1) is 0 Å². The number of carbonyl (C=O) groups excluding carboxylic acids is 1. The summed E-state index contributed by atoms with van der Waals surface area (Å²) < 4.78 is 42.3. The Balaban J connectivity index is 2.06. The van der Waals surface area contributed by atoms with Crippen LogP contribution in [0.15, 0.2) is 36.4 Å². The van der Waals surface area contributed by atoms with Crippen LogP contribution in [0.1, 0.15) is 63.6 Å². The molecule has 1 amide bonds. The summed E-state index contributed by atoms with van der Waals surface area (Å²) in [5.74, 6) is -0.389. The van der Waals surface area contributed by atoms with Crippen molar-refractivity contribution < 1.29 is 18.0 Å². The lowest BCUT2D eigenvalue weighted by molar-refractivity contribution is -0.203. The van der Waals surface area contributed by atoms with Crippen LogP contribution in [-0.2, 0) is 11.2 Å². The average molecular weight is 392 g/mol. The molecule has 0 spiro atoms. The lowest BCUT2D eigenvalue weighted by Crippen LogP contribution is -2.51. The average Bonchev–Trinajstić information content (AvgIpc) is 2.86. The van der Waals surface area contributed by atoms with E-state index in [-0.39, 0.29) is 17.9 Å². The van der Waals surface area contributed by atoms with E-state index in [0.717, 1.165) is 47.0 Å². The van der Waals surface area contributed by atoms with Crippen LogP contribution in [0, 0.1) is 0 Å². The van der Waals surface area contributed by atoms with Gasteiger partial charge in [0.25, 0.3) is 0 Å². The third kappa shape index (κ3) is 4.17. The molecule has 3 rings (SSSR count). The van der Waals surface area contributed by atoms with Crippen molar-refractivity contribution >= 4 is 16.7 Å². The van der Waals surface area contributed by atoms with Crippen LogP contribution in [-0.4, -0.2) is 22.6 Å². The number of amides is 1. The highest BCUT2D eigenvalue weighted by Gasteiger charge is 2.52. The Labute approximate surface area is 163 Å². The number of hydrazine groups is 1. The highest BCUT2D eigenvalue weighted by atomic mass is 19.4. The van der Waals surface area contributed by atoms with Gasteiger partial charge < -0.3 is 0 Å². The van der Waals surface area contributed by atoms with Crippen LogP contribution in [0.4, 0.5) is 13.2 Å². The number of nitrogens with zero attached hydrogens (tertiary/aromatic N) is 1. The smallest absolute Gasteiger partial charge is 0.287 e. The molecule has 1 saturated heterocycles. The molecule has 6 heteroatoms. The molecular formula is C22H27F3N2O. The van der Waals surface area contributed by atoms with E-state index in [4.69, 9.17) is 0 Å². The van der Waals surface area contributed by atoms with Crippen molar-refractivity contribution in [3.05, 3.63) is 47.5 Å². The summed E-state index contributed by atoms with van der Waals surface area (Å²) in [4.78, 5) is 11.8. The third-order valence-corrected chi connectivity index (χ3v) is 5.42. The molecule has 3 nitrogen and oxygen atoms in total. The SMILES string of the molecule is CCCCCc1cccc2ccc(C(N3NC(=O)CC3(C)C)C(F)(F)F)cc12. The first-order valence-corrected chi connectivity index (χ1v) is 9.80. The second-order valence-corrected chi connectivity index (χ2v) is 8.19. The number of nitrogens with one attached hydrogen (secondary N) is 1. The fraction of sp³-hybridized carbons (Fsp3) is 0.500. The van der Waals surface area contributed by atoms with Gasteiger partial charge in [0, 0.05) is 12.0 Å². The monoisotopic (exact) mass is 392 g/mol. The number of alkyl halides is 3. The first kappa shape index (κ1) is 20.6. The van der Waals surface area contributed by atoms with Crippen molar-refractivity contribution in [3.8, 4) is 0 Å². The first-order valence-electron chi connectivity index (χ1n) is 9.80. The number of benzene rings is 2. The summed E-state index contributed by atoms with van der Waals surface area (Å²) in [6.07, 6.45) is -0.435. The number of fused-ring (bicyclic) bond motifs is 1. The number of carbonyl (C=O) groups is 1. The Kier molecular flexibility index (Phi) is 5.71. The summed E-state index contributed by atoms with van der Waals surface area (Å²) in [5.41, 5.74) is 2.72. The van der Waals surface area contributed by atoms with Gasteiger partial charge in [-0.1, -0.05) is 50.1 Å². The minimum Gasteiger partial charge on any atom is -0.287 e. The van der Waals surface area contributed by atoms with Gasteiger partial charge in [0.1, 0.15) is 0 Å². The second-order valence-electron chi connectivity index (χ2n) is 8.19. The molecule has 1 N–H and O–H groups in total. The molecule has 1 heterocycles. The summed E-state index contributed by atoms with van der Waals surface area (Å²) in [5, 5.41) is 2.85. The zero-order valence-electron chi connectivity index (χ0n) is 16.6. The number of unbranched alkanes of at least 4 members (excludes halogenated alkanes) is 2. The second kappa shape index (κ2) is 7.74. The Morgan fingerprint density at radius 2 is 1.93 bits per heavy atom. The van der Waals surface area contributed by atoms with Gasteiger partial charge in [-0.3, -0.25) is 10.2 Å².